The van der Waals surface area contributed by atoms with Crippen LogP contribution in [0.2, 0.25) is 5.02 Å². The lowest BCUT2D eigenvalue weighted by Crippen LogP contribution is -2.46. The van der Waals surface area contributed by atoms with Crippen LogP contribution in [0.5, 0.6) is 0 Å². The molecule has 0 aliphatic rings. The zero-order valence-electron chi connectivity index (χ0n) is 10.1. The Bertz CT molecular complexity index is 643. The first kappa shape index (κ1) is 17.2. The average molecular weight is 345 g/mol. The van der Waals surface area contributed by atoms with Crippen molar-refractivity contribution in [3.8, 4) is 0 Å². The van der Waals surface area contributed by atoms with Crippen molar-refractivity contribution in [3.05, 3.63) is 34.9 Å². The number of alkyl halides is 3. The number of benzene rings is 1. The van der Waals surface area contributed by atoms with Gasteiger partial charge in [-0.1, -0.05) is 23.7 Å². The van der Waals surface area contributed by atoms with Gasteiger partial charge in [-0.05, 0) is 17.7 Å². The molecule has 0 aliphatic carbocycles. The van der Waals surface area contributed by atoms with Gasteiger partial charge in [0.1, 0.15) is 0 Å². The molecule has 21 heavy (non-hydrogen) atoms. The summed E-state index contributed by atoms with van der Waals surface area (Å²) in [4.78, 5) is 22.3. The molecule has 0 atom stereocenters. The van der Waals surface area contributed by atoms with Gasteiger partial charge in [-0.2, -0.15) is 21.6 Å². The maximum absolute atomic E-state index is 12.0. The van der Waals surface area contributed by atoms with E-state index in [9.17, 15) is 31.2 Å². The lowest BCUT2D eigenvalue weighted by atomic mass is 10.2. The van der Waals surface area contributed by atoms with Crippen LogP contribution in [0.3, 0.4) is 0 Å². The van der Waals surface area contributed by atoms with Crippen LogP contribution in [0.25, 0.3) is 0 Å². The van der Waals surface area contributed by atoms with Crippen LogP contribution < -0.4 is 10.0 Å². The van der Waals surface area contributed by atoms with Gasteiger partial charge in [-0.25, -0.2) is 4.72 Å². The van der Waals surface area contributed by atoms with Crippen molar-refractivity contribution in [1.29, 1.82) is 0 Å². The molecular weight excluding hydrogens is 337 g/mol. The van der Waals surface area contributed by atoms with Gasteiger partial charge in [0, 0.05) is 11.6 Å². The van der Waals surface area contributed by atoms with Crippen molar-refractivity contribution < 1.29 is 31.2 Å². The normalized spacial score (nSPS) is 11.8. The molecular formula is C10H8ClF3N2O4S. The average Bonchev–Trinajstić information content (AvgIpc) is 2.35. The minimum absolute atomic E-state index is 0.185. The van der Waals surface area contributed by atoms with E-state index in [2.05, 4.69) is 0 Å². The summed E-state index contributed by atoms with van der Waals surface area (Å²) in [5.74, 6) is -3.45. The Labute approximate surface area is 122 Å². The van der Waals surface area contributed by atoms with E-state index in [1.54, 1.807) is 0 Å². The maximum Gasteiger partial charge on any atom is 0.516 e. The number of amides is 2. The van der Waals surface area contributed by atoms with Crippen molar-refractivity contribution in [2.75, 3.05) is 0 Å². The number of hydrogen-bond acceptors (Lipinski definition) is 4. The Morgan fingerprint density at radius 2 is 1.62 bits per heavy atom. The third-order valence-electron chi connectivity index (χ3n) is 2.10. The standard InChI is InChI=1S/C10H8ClF3N2O4S/c11-7-3-1-6(2-4-7)5-15-8(17)9(18)16-21(19,20)10(12,13)14/h1-4H,5H2,(H,15,17)(H,16,18). The number of nitrogens with one attached hydrogen (secondary N) is 2. The Morgan fingerprint density at radius 3 is 2.10 bits per heavy atom. The minimum atomic E-state index is -5.91. The lowest BCUT2D eigenvalue weighted by molar-refractivity contribution is -0.138. The summed E-state index contributed by atoms with van der Waals surface area (Å²) in [7, 11) is -5.91. The van der Waals surface area contributed by atoms with E-state index in [0.717, 1.165) is 0 Å². The maximum atomic E-state index is 12.0. The minimum Gasteiger partial charge on any atom is -0.344 e. The first-order chi connectivity index (χ1) is 9.53. The zero-order valence-corrected chi connectivity index (χ0v) is 11.6. The molecule has 0 fully saturated rings. The Kier molecular flexibility index (Phi) is 5.18. The summed E-state index contributed by atoms with van der Waals surface area (Å²) >= 11 is 5.62. The second kappa shape index (κ2) is 6.31. The SMILES string of the molecule is O=C(NCc1ccc(Cl)cc1)C(=O)NS(=O)(=O)C(F)(F)F. The fourth-order valence-corrected chi connectivity index (χ4v) is 1.67. The molecule has 1 aromatic rings. The number of hydrogen-bond donors (Lipinski definition) is 2. The first-order valence-corrected chi connectivity index (χ1v) is 7.05. The fraction of sp³-hybridized carbons (Fsp3) is 0.200. The molecule has 0 heterocycles. The fourth-order valence-electron chi connectivity index (χ4n) is 1.09. The van der Waals surface area contributed by atoms with Gasteiger partial charge in [0.2, 0.25) is 0 Å². The highest BCUT2D eigenvalue weighted by atomic mass is 35.5. The Hall–Kier alpha value is -1.81. The van der Waals surface area contributed by atoms with Crippen molar-refractivity contribution in [3.63, 3.8) is 0 Å². The van der Waals surface area contributed by atoms with Crippen molar-refractivity contribution in [2.24, 2.45) is 0 Å². The molecule has 0 aliphatic heterocycles. The van der Waals surface area contributed by atoms with E-state index in [0.29, 0.717) is 15.3 Å². The smallest absolute Gasteiger partial charge is 0.344 e. The van der Waals surface area contributed by atoms with E-state index < -0.39 is 27.3 Å². The van der Waals surface area contributed by atoms with Gasteiger partial charge < -0.3 is 5.32 Å². The van der Waals surface area contributed by atoms with Crippen molar-refractivity contribution >= 4 is 33.4 Å². The summed E-state index contributed by atoms with van der Waals surface area (Å²) in [5, 5.41) is 2.40. The van der Waals surface area contributed by atoms with E-state index in [1.165, 1.54) is 24.3 Å². The quantitative estimate of drug-likeness (QED) is 0.798. The second-order valence-corrected chi connectivity index (χ2v) is 5.80. The number of rotatable bonds is 3. The summed E-state index contributed by atoms with van der Waals surface area (Å²) in [6.45, 7) is -0.185. The monoisotopic (exact) mass is 344 g/mol. The summed E-state index contributed by atoms with van der Waals surface area (Å²) < 4.78 is 57.9. The number of carbonyl (C=O) groups is 2. The second-order valence-electron chi connectivity index (χ2n) is 3.69. The zero-order chi connectivity index (χ0) is 16.3. The molecule has 2 amide bonds. The molecule has 0 bridgehead atoms. The van der Waals surface area contributed by atoms with Crippen LogP contribution in [-0.4, -0.2) is 25.7 Å². The van der Waals surface area contributed by atoms with Gasteiger partial charge in [0.25, 0.3) is 0 Å². The third kappa shape index (κ3) is 4.90. The number of halogens is 4. The van der Waals surface area contributed by atoms with E-state index in [4.69, 9.17) is 11.6 Å². The van der Waals surface area contributed by atoms with E-state index in [-0.39, 0.29) is 6.54 Å². The predicted molar refractivity (Wildman–Crippen MR) is 66.4 cm³/mol. The molecule has 0 saturated carbocycles. The molecule has 1 rings (SSSR count). The molecule has 0 unspecified atom stereocenters. The van der Waals surface area contributed by atoms with Crippen molar-refractivity contribution in [1.82, 2.24) is 10.0 Å². The molecule has 2 N–H and O–H groups in total. The summed E-state index contributed by atoms with van der Waals surface area (Å²) in [6.07, 6.45) is 0. The molecule has 11 heteroatoms. The van der Waals surface area contributed by atoms with Crippen LogP contribution in [0.15, 0.2) is 24.3 Å². The largest absolute Gasteiger partial charge is 0.516 e. The molecule has 0 spiro atoms. The molecule has 0 radical (unpaired) electrons. The first-order valence-electron chi connectivity index (χ1n) is 5.18. The van der Waals surface area contributed by atoms with Crippen LogP contribution in [0.1, 0.15) is 5.56 Å². The van der Waals surface area contributed by atoms with Crippen LogP contribution in [-0.2, 0) is 26.2 Å². The summed E-state index contributed by atoms with van der Waals surface area (Å²) in [5.41, 5.74) is -5.17. The van der Waals surface area contributed by atoms with Gasteiger partial charge in [0.15, 0.2) is 0 Å². The number of sulfonamides is 1. The molecule has 0 saturated heterocycles. The van der Waals surface area contributed by atoms with Crippen molar-refractivity contribution in [2.45, 2.75) is 12.1 Å². The highest BCUT2D eigenvalue weighted by molar-refractivity contribution is 7.91. The molecule has 0 aromatic heterocycles. The van der Waals surface area contributed by atoms with Gasteiger partial charge in [0.05, 0.1) is 0 Å². The molecule has 116 valence electrons. The van der Waals surface area contributed by atoms with Crippen LogP contribution >= 0.6 is 11.6 Å². The van der Waals surface area contributed by atoms with Crippen LogP contribution in [0.4, 0.5) is 13.2 Å². The molecule has 1 aromatic carbocycles. The summed E-state index contributed by atoms with van der Waals surface area (Å²) in [6, 6.07) is 6.01. The highest BCUT2D eigenvalue weighted by Crippen LogP contribution is 2.21. The Morgan fingerprint density at radius 1 is 1.10 bits per heavy atom. The van der Waals surface area contributed by atoms with E-state index in [1.807, 2.05) is 5.32 Å². The van der Waals surface area contributed by atoms with E-state index >= 15 is 0 Å². The topological polar surface area (TPSA) is 92.3 Å². The molecule has 6 nitrogen and oxygen atoms in total. The third-order valence-corrected chi connectivity index (χ3v) is 3.42. The van der Waals surface area contributed by atoms with Crippen LogP contribution in [0, 0.1) is 0 Å². The Balaban J connectivity index is 2.60. The highest BCUT2D eigenvalue weighted by Gasteiger charge is 2.47. The van der Waals surface area contributed by atoms with Gasteiger partial charge in [-0.15, -0.1) is 0 Å². The van der Waals surface area contributed by atoms with Gasteiger partial charge in [-0.3, -0.25) is 9.59 Å². The van der Waals surface area contributed by atoms with Gasteiger partial charge >= 0.3 is 27.3 Å². The predicted octanol–water partition coefficient (Wildman–Crippen LogP) is 0.922. The number of carbonyl (C=O) groups excluding carboxylic acids is 2. The lowest BCUT2D eigenvalue weighted by Gasteiger charge is -2.09.